The van der Waals surface area contributed by atoms with Gasteiger partial charge in [-0.15, -0.1) is 0 Å². The zero-order valence-electron chi connectivity index (χ0n) is 23.0. The van der Waals surface area contributed by atoms with Crippen molar-refractivity contribution in [2.45, 2.75) is 71.9 Å². The summed E-state index contributed by atoms with van der Waals surface area (Å²) in [6.45, 7) is 11.1. The van der Waals surface area contributed by atoms with E-state index < -0.39 is 0 Å². The molecule has 3 heterocycles. The summed E-state index contributed by atoms with van der Waals surface area (Å²) >= 11 is 0. The molecule has 0 saturated carbocycles. The number of aromatic nitrogens is 2. The second-order valence-corrected chi connectivity index (χ2v) is 10.5. The number of carbonyl (C=O) groups is 2. The molecule has 37 heavy (non-hydrogen) atoms. The van der Waals surface area contributed by atoms with Crippen LogP contribution >= 0.6 is 0 Å². The van der Waals surface area contributed by atoms with Gasteiger partial charge in [0.05, 0.1) is 5.69 Å². The fraction of sp³-hybridized carbons (Fsp3) is 0.621. The number of ether oxygens (including phenoxy) is 1. The molecule has 2 aliphatic heterocycles. The fourth-order valence-electron chi connectivity index (χ4n) is 5.85. The van der Waals surface area contributed by atoms with Gasteiger partial charge in [0.25, 0.3) is 0 Å². The van der Waals surface area contributed by atoms with E-state index >= 15 is 0 Å². The van der Waals surface area contributed by atoms with Crippen molar-refractivity contribution >= 4 is 17.5 Å². The Kier molecular flexibility index (Phi) is 9.38. The van der Waals surface area contributed by atoms with Crippen LogP contribution in [-0.2, 0) is 34.3 Å². The SMILES string of the molecule is CC(=O)N1CCCN(C2CCOCC2)CCCN(C(=O)CCc2c(C)nn(C)c2C)Cc2ccccc21. The zero-order chi connectivity index (χ0) is 26.4. The topological polar surface area (TPSA) is 70.9 Å². The molecule has 202 valence electrons. The number of amides is 2. The third-order valence-corrected chi connectivity index (χ3v) is 8.03. The average molecular weight is 510 g/mol. The Hall–Kier alpha value is -2.71. The van der Waals surface area contributed by atoms with Crippen LogP contribution in [0.2, 0.25) is 0 Å². The predicted molar refractivity (Wildman–Crippen MR) is 146 cm³/mol. The van der Waals surface area contributed by atoms with Gasteiger partial charge in [0.1, 0.15) is 0 Å². The Bertz CT molecular complexity index is 1080. The monoisotopic (exact) mass is 509 g/mol. The zero-order valence-corrected chi connectivity index (χ0v) is 23.0. The van der Waals surface area contributed by atoms with Crippen LogP contribution in [0.4, 0.5) is 5.69 Å². The molecule has 2 amide bonds. The minimum Gasteiger partial charge on any atom is -0.381 e. The van der Waals surface area contributed by atoms with E-state index in [1.54, 1.807) is 6.92 Å². The van der Waals surface area contributed by atoms with E-state index in [9.17, 15) is 9.59 Å². The summed E-state index contributed by atoms with van der Waals surface area (Å²) in [7, 11) is 1.95. The molecule has 0 N–H and O–H groups in total. The molecule has 0 atom stereocenters. The molecule has 0 radical (unpaired) electrons. The summed E-state index contributed by atoms with van der Waals surface area (Å²) in [6.07, 6.45) is 5.10. The van der Waals surface area contributed by atoms with Crippen molar-refractivity contribution in [2.24, 2.45) is 7.05 Å². The maximum atomic E-state index is 13.6. The number of carbonyl (C=O) groups excluding carboxylic acids is 2. The van der Waals surface area contributed by atoms with Gasteiger partial charge in [-0.3, -0.25) is 14.3 Å². The van der Waals surface area contributed by atoms with Crippen LogP contribution in [0, 0.1) is 13.8 Å². The largest absolute Gasteiger partial charge is 0.381 e. The van der Waals surface area contributed by atoms with Crippen molar-refractivity contribution in [1.82, 2.24) is 19.6 Å². The molecule has 1 aromatic heterocycles. The molecule has 4 rings (SSSR count). The first-order valence-corrected chi connectivity index (χ1v) is 13.8. The highest BCUT2D eigenvalue weighted by atomic mass is 16.5. The molecule has 2 aliphatic rings. The molecule has 1 fully saturated rings. The average Bonchev–Trinajstić information content (AvgIpc) is 3.13. The molecule has 0 bridgehead atoms. The number of hydrogen-bond acceptors (Lipinski definition) is 5. The van der Waals surface area contributed by atoms with Crippen LogP contribution in [0.25, 0.3) is 0 Å². The van der Waals surface area contributed by atoms with Gasteiger partial charge in [-0.05, 0) is 63.1 Å². The second-order valence-electron chi connectivity index (χ2n) is 10.5. The first-order valence-electron chi connectivity index (χ1n) is 13.8. The Balaban J connectivity index is 1.56. The summed E-state index contributed by atoms with van der Waals surface area (Å²) in [4.78, 5) is 32.8. The van der Waals surface area contributed by atoms with Crippen LogP contribution in [0.1, 0.15) is 61.5 Å². The quantitative estimate of drug-likeness (QED) is 0.630. The predicted octanol–water partition coefficient (Wildman–Crippen LogP) is 3.63. The molecule has 8 heteroatoms. The smallest absolute Gasteiger partial charge is 0.223 e. The van der Waals surface area contributed by atoms with Crippen molar-refractivity contribution in [3.8, 4) is 0 Å². The van der Waals surface area contributed by atoms with E-state index in [0.717, 1.165) is 74.6 Å². The van der Waals surface area contributed by atoms with Crippen LogP contribution in [0.5, 0.6) is 0 Å². The van der Waals surface area contributed by atoms with Gasteiger partial charge in [0.2, 0.25) is 11.8 Å². The summed E-state index contributed by atoms with van der Waals surface area (Å²) in [5, 5.41) is 4.52. The molecule has 2 aromatic rings. The number of hydrogen-bond donors (Lipinski definition) is 0. The van der Waals surface area contributed by atoms with Gasteiger partial charge in [-0.25, -0.2) is 0 Å². The van der Waals surface area contributed by atoms with Gasteiger partial charge >= 0.3 is 0 Å². The molecule has 0 unspecified atom stereocenters. The van der Waals surface area contributed by atoms with E-state index in [1.165, 1.54) is 5.56 Å². The highest BCUT2D eigenvalue weighted by Crippen LogP contribution is 2.25. The minimum absolute atomic E-state index is 0.0440. The maximum absolute atomic E-state index is 13.6. The lowest BCUT2D eigenvalue weighted by Crippen LogP contribution is -2.43. The Labute approximate surface area is 221 Å². The van der Waals surface area contributed by atoms with Crippen LogP contribution in [-0.4, -0.2) is 76.8 Å². The molecule has 8 nitrogen and oxygen atoms in total. The highest BCUT2D eigenvalue weighted by molar-refractivity contribution is 5.92. The maximum Gasteiger partial charge on any atom is 0.223 e. The third-order valence-electron chi connectivity index (χ3n) is 8.03. The lowest BCUT2D eigenvalue weighted by atomic mass is 10.0. The second kappa shape index (κ2) is 12.7. The normalized spacial score (nSPS) is 18.7. The Morgan fingerprint density at radius 3 is 2.41 bits per heavy atom. The van der Waals surface area contributed by atoms with E-state index in [4.69, 9.17) is 4.74 Å². The van der Waals surface area contributed by atoms with Crippen LogP contribution in [0.3, 0.4) is 0 Å². The van der Waals surface area contributed by atoms with Crippen LogP contribution in [0.15, 0.2) is 24.3 Å². The molecule has 1 aromatic carbocycles. The number of benzene rings is 1. The van der Waals surface area contributed by atoms with Crippen molar-refractivity contribution in [3.05, 3.63) is 46.8 Å². The lowest BCUT2D eigenvalue weighted by Gasteiger charge is -2.36. The number of para-hydroxylation sites is 1. The minimum atomic E-state index is 0.0440. The lowest BCUT2D eigenvalue weighted by molar-refractivity contribution is -0.132. The third kappa shape index (κ3) is 6.79. The summed E-state index contributed by atoms with van der Waals surface area (Å²) in [6, 6.07) is 8.57. The molecule has 1 saturated heterocycles. The van der Waals surface area contributed by atoms with Crippen molar-refractivity contribution in [3.63, 3.8) is 0 Å². The molecular weight excluding hydrogens is 466 g/mol. The standard InChI is InChI=1S/C29H43N5O3/c1-22-27(23(2)31(4)30-22)11-12-29(36)33-17-7-15-32(26-13-19-37-20-14-26)16-8-18-34(24(3)35)28-10-6-5-9-25(28)21-33/h5-6,9-10,26H,7-8,11-21H2,1-4H3. The molecule has 0 spiro atoms. The van der Waals surface area contributed by atoms with E-state index in [-0.39, 0.29) is 11.8 Å². The first kappa shape index (κ1) is 27.3. The summed E-state index contributed by atoms with van der Waals surface area (Å²) in [5.74, 6) is 0.198. The number of rotatable bonds is 4. The number of fused-ring (bicyclic) bond motifs is 1. The highest BCUT2D eigenvalue weighted by Gasteiger charge is 2.25. The van der Waals surface area contributed by atoms with E-state index in [2.05, 4.69) is 23.0 Å². The summed E-state index contributed by atoms with van der Waals surface area (Å²) in [5.41, 5.74) is 5.23. The molecular formula is C29H43N5O3. The van der Waals surface area contributed by atoms with Gasteiger partial charge < -0.3 is 19.4 Å². The summed E-state index contributed by atoms with van der Waals surface area (Å²) < 4.78 is 7.50. The van der Waals surface area contributed by atoms with Gasteiger partial charge in [0, 0.05) is 83.8 Å². The Morgan fingerprint density at radius 2 is 1.73 bits per heavy atom. The number of nitrogens with zero attached hydrogens (tertiary/aromatic N) is 5. The van der Waals surface area contributed by atoms with Gasteiger partial charge in [-0.2, -0.15) is 5.10 Å². The number of anilines is 1. The fourth-order valence-corrected chi connectivity index (χ4v) is 5.85. The van der Waals surface area contributed by atoms with E-state index in [0.29, 0.717) is 38.5 Å². The van der Waals surface area contributed by atoms with Gasteiger partial charge in [-0.1, -0.05) is 18.2 Å². The van der Waals surface area contributed by atoms with Crippen LogP contribution < -0.4 is 4.90 Å². The molecule has 0 aliphatic carbocycles. The first-order chi connectivity index (χ1) is 17.8. The van der Waals surface area contributed by atoms with E-state index in [1.807, 2.05) is 46.7 Å². The Morgan fingerprint density at radius 1 is 1.03 bits per heavy atom. The number of aryl methyl sites for hydroxylation is 2. The van der Waals surface area contributed by atoms with Crippen molar-refractivity contribution in [2.75, 3.05) is 44.3 Å². The van der Waals surface area contributed by atoms with Gasteiger partial charge in [0.15, 0.2) is 0 Å². The van der Waals surface area contributed by atoms with Crippen molar-refractivity contribution in [1.29, 1.82) is 0 Å². The van der Waals surface area contributed by atoms with Crippen molar-refractivity contribution < 1.29 is 14.3 Å².